The van der Waals surface area contributed by atoms with Crippen LogP contribution in [0.15, 0.2) is 24.3 Å². The maximum Gasteiger partial charge on any atom is 0.303 e. The quantitative estimate of drug-likeness (QED) is 0.846. The van der Waals surface area contributed by atoms with Gasteiger partial charge in [0.1, 0.15) is 0 Å². The standard InChI is InChI=1S/C14H16BrNO3/c15-11-8-13(17)16(9-11)12-6-4-10(5-7-12)2-1-3-14(18)19/h4-7,11H,1-3,8-9H2,(H,18,19). The van der Waals surface area contributed by atoms with Crippen LogP contribution in [0.25, 0.3) is 0 Å². The van der Waals surface area contributed by atoms with Gasteiger partial charge in [0.15, 0.2) is 0 Å². The SMILES string of the molecule is O=C(O)CCCc1ccc(N2CC(Br)CC2=O)cc1. The number of aryl methyl sites for hydroxylation is 1. The first-order chi connectivity index (χ1) is 9.06. The molecule has 19 heavy (non-hydrogen) atoms. The van der Waals surface area contributed by atoms with E-state index < -0.39 is 5.97 Å². The average Bonchev–Trinajstić information content (AvgIpc) is 2.69. The number of halogens is 1. The van der Waals surface area contributed by atoms with Crippen molar-refractivity contribution >= 4 is 33.5 Å². The molecule has 0 bridgehead atoms. The number of carboxylic acids is 1. The van der Waals surface area contributed by atoms with Gasteiger partial charge in [-0.15, -0.1) is 0 Å². The van der Waals surface area contributed by atoms with Crippen LogP contribution in [0.4, 0.5) is 5.69 Å². The van der Waals surface area contributed by atoms with Crippen LogP contribution in [0.3, 0.4) is 0 Å². The van der Waals surface area contributed by atoms with Gasteiger partial charge in [0.25, 0.3) is 0 Å². The van der Waals surface area contributed by atoms with Crippen molar-refractivity contribution in [1.82, 2.24) is 0 Å². The van der Waals surface area contributed by atoms with E-state index in [9.17, 15) is 9.59 Å². The van der Waals surface area contributed by atoms with Crippen molar-refractivity contribution in [2.45, 2.75) is 30.5 Å². The second kappa shape index (κ2) is 6.19. The van der Waals surface area contributed by atoms with Gasteiger partial charge in [-0.25, -0.2) is 0 Å². The van der Waals surface area contributed by atoms with Gasteiger partial charge in [-0.2, -0.15) is 0 Å². The molecule has 4 nitrogen and oxygen atoms in total. The highest BCUT2D eigenvalue weighted by Gasteiger charge is 2.28. The van der Waals surface area contributed by atoms with E-state index in [1.54, 1.807) is 4.90 Å². The fourth-order valence-corrected chi connectivity index (χ4v) is 2.77. The van der Waals surface area contributed by atoms with Gasteiger partial charge < -0.3 is 10.0 Å². The Balaban J connectivity index is 1.95. The number of rotatable bonds is 5. The molecule has 0 saturated carbocycles. The Morgan fingerprint density at radius 1 is 1.37 bits per heavy atom. The van der Waals surface area contributed by atoms with Crippen molar-refractivity contribution < 1.29 is 14.7 Å². The topological polar surface area (TPSA) is 57.6 Å². The molecule has 1 aliphatic heterocycles. The van der Waals surface area contributed by atoms with Crippen molar-refractivity contribution in [3.05, 3.63) is 29.8 Å². The Hall–Kier alpha value is -1.36. The monoisotopic (exact) mass is 325 g/mol. The van der Waals surface area contributed by atoms with E-state index in [0.717, 1.165) is 17.7 Å². The molecule has 1 heterocycles. The van der Waals surface area contributed by atoms with Crippen molar-refractivity contribution in [3.8, 4) is 0 Å². The average molecular weight is 326 g/mol. The molecule has 102 valence electrons. The van der Waals surface area contributed by atoms with Gasteiger partial charge in [0.05, 0.1) is 0 Å². The van der Waals surface area contributed by atoms with Gasteiger partial charge in [-0.1, -0.05) is 28.1 Å². The number of benzene rings is 1. The van der Waals surface area contributed by atoms with Crippen LogP contribution in [0.5, 0.6) is 0 Å². The zero-order valence-corrected chi connectivity index (χ0v) is 12.1. The van der Waals surface area contributed by atoms with Crippen LogP contribution < -0.4 is 4.90 Å². The fourth-order valence-electron chi connectivity index (χ4n) is 2.20. The molecule has 1 atom stereocenters. The van der Waals surface area contributed by atoms with E-state index in [1.165, 1.54) is 0 Å². The first-order valence-electron chi connectivity index (χ1n) is 6.31. The van der Waals surface area contributed by atoms with Crippen LogP contribution >= 0.6 is 15.9 Å². The number of hydrogen-bond acceptors (Lipinski definition) is 2. The molecule has 2 rings (SSSR count). The maximum atomic E-state index is 11.7. The summed E-state index contributed by atoms with van der Waals surface area (Å²) in [5.74, 6) is -0.622. The van der Waals surface area contributed by atoms with Gasteiger partial charge in [-0.3, -0.25) is 9.59 Å². The smallest absolute Gasteiger partial charge is 0.303 e. The van der Waals surface area contributed by atoms with E-state index in [0.29, 0.717) is 19.4 Å². The molecule has 1 amide bonds. The Morgan fingerprint density at radius 2 is 2.05 bits per heavy atom. The van der Waals surface area contributed by atoms with E-state index in [-0.39, 0.29) is 17.2 Å². The number of carbonyl (C=O) groups is 2. The van der Waals surface area contributed by atoms with Crippen LogP contribution in [-0.4, -0.2) is 28.4 Å². The van der Waals surface area contributed by atoms with E-state index in [2.05, 4.69) is 15.9 Å². The summed E-state index contributed by atoms with van der Waals surface area (Å²) in [5, 5.41) is 8.58. The maximum absolute atomic E-state index is 11.7. The minimum absolute atomic E-state index is 0.139. The molecule has 1 N–H and O–H groups in total. The predicted octanol–water partition coefficient (Wildman–Crippen LogP) is 2.59. The highest BCUT2D eigenvalue weighted by Crippen LogP contribution is 2.25. The van der Waals surface area contributed by atoms with E-state index in [4.69, 9.17) is 5.11 Å². The summed E-state index contributed by atoms with van der Waals surface area (Å²) in [6.07, 6.45) is 2.13. The minimum Gasteiger partial charge on any atom is -0.481 e. The number of carboxylic acid groups (broad SMARTS) is 1. The predicted molar refractivity (Wildman–Crippen MR) is 76.7 cm³/mol. The molecule has 1 aromatic rings. The number of anilines is 1. The molecule has 1 unspecified atom stereocenters. The molecule has 0 aromatic heterocycles. The Morgan fingerprint density at radius 3 is 2.58 bits per heavy atom. The molecule has 1 fully saturated rings. The van der Waals surface area contributed by atoms with Gasteiger partial charge in [0.2, 0.25) is 5.91 Å². The fraction of sp³-hybridized carbons (Fsp3) is 0.429. The van der Waals surface area contributed by atoms with Gasteiger partial charge in [-0.05, 0) is 30.5 Å². The van der Waals surface area contributed by atoms with E-state index in [1.807, 2.05) is 24.3 Å². The molecule has 1 saturated heterocycles. The second-order valence-electron chi connectivity index (χ2n) is 4.72. The number of aliphatic carboxylic acids is 1. The normalized spacial score (nSPS) is 18.9. The number of hydrogen-bond donors (Lipinski definition) is 1. The third-order valence-electron chi connectivity index (χ3n) is 3.18. The Bertz CT molecular complexity index is 472. The summed E-state index contributed by atoms with van der Waals surface area (Å²) >= 11 is 3.46. The van der Waals surface area contributed by atoms with Gasteiger partial charge >= 0.3 is 5.97 Å². The molecule has 1 aromatic carbocycles. The third-order valence-corrected chi connectivity index (χ3v) is 3.80. The summed E-state index contributed by atoms with van der Waals surface area (Å²) in [6, 6.07) is 7.79. The number of carbonyl (C=O) groups excluding carboxylic acids is 1. The molecule has 0 aliphatic carbocycles. The summed E-state index contributed by atoms with van der Waals surface area (Å²) < 4.78 is 0. The van der Waals surface area contributed by atoms with Gasteiger partial charge in [0, 0.05) is 29.9 Å². The number of amides is 1. The largest absolute Gasteiger partial charge is 0.481 e. The Labute approximate surface area is 120 Å². The van der Waals surface area contributed by atoms with Crippen LogP contribution in [0.2, 0.25) is 0 Å². The molecule has 1 aliphatic rings. The van der Waals surface area contributed by atoms with Crippen LogP contribution in [-0.2, 0) is 16.0 Å². The van der Waals surface area contributed by atoms with Crippen molar-refractivity contribution in [2.75, 3.05) is 11.4 Å². The van der Waals surface area contributed by atoms with E-state index >= 15 is 0 Å². The lowest BCUT2D eigenvalue weighted by Gasteiger charge is -2.16. The second-order valence-corrected chi connectivity index (χ2v) is 6.01. The zero-order valence-electron chi connectivity index (χ0n) is 10.5. The summed E-state index contributed by atoms with van der Waals surface area (Å²) in [5.41, 5.74) is 2.01. The summed E-state index contributed by atoms with van der Waals surface area (Å²) in [4.78, 5) is 24.2. The molecule has 0 spiro atoms. The first-order valence-corrected chi connectivity index (χ1v) is 7.23. The first kappa shape index (κ1) is 14.1. The summed E-state index contributed by atoms with van der Waals surface area (Å²) in [6.45, 7) is 0.706. The van der Waals surface area contributed by atoms with Crippen molar-refractivity contribution in [3.63, 3.8) is 0 Å². The minimum atomic E-state index is -0.761. The lowest BCUT2D eigenvalue weighted by Crippen LogP contribution is -2.24. The van der Waals surface area contributed by atoms with Crippen molar-refractivity contribution in [2.24, 2.45) is 0 Å². The summed E-state index contributed by atoms with van der Waals surface area (Å²) in [7, 11) is 0. The lowest BCUT2D eigenvalue weighted by atomic mass is 10.1. The number of alkyl halides is 1. The Kier molecular flexibility index (Phi) is 4.58. The highest BCUT2D eigenvalue weighted by atomic mass is 79.9. The van der Waals surface area contributed by atoms with Crippen LogP contribution in [0, 0.1) is 0 Å². The zero-order chi connectivity index (χ0) is 13.8. The third kappa shape index (κ3) is 3.80. The molecular formula is C14H16BrNO3. The number of nitrogens with zero attached hydrogens (tertiary/aromatic N) is 1. The van der Waals surface area contributed by atoms with Crippen molar-refractivity contribution in [1.29, 1.82) is 0 Å². The molecule has 5 heteroatoms. The molecular weight excluding hydrogens is 310 g/mol. The molecule has 0 radical (unpaired) electrons. The highest BCUT2D eigenvalue weighted by molar-refractivity contribution is 9.09. The van der Waals surface area contributed by atoms with Crippen LogP contribution in [0.1, 0.15) is 24.8 Å². The lowest BCUT2D eigenvalue weighted by molar-refractivity contribution is -0.137.